The fraction of sp³-hybridized carbons (Fsp3) is 0.667. The first-order chi connectivity index (χ1) is 11.4. The van der Waals surface area contributed by atoms with Crippen LogP contribution in [0, 0.1) is 5.92 Å². The van der Waals surface area contributed by atoms with Crippen LogP contribution in [0.3, 0.4) is 0 Å². The highest BCUT2D eigenvalue weighted by Gasteiger charge is 2.38. The third-order valence-corrected chi connectivity index (χ3v) is 4.71. The Hall–Kier alpha value is -0.980. The predicted octanol–water partition coefficient (Wildman–Crippen LogP) is 4.52. The van der Waals surface area contributed by atoms with Crippen molar-refractivity contribution in [3.05, 3.63) is 29.3 Å². The number of alkyl halides is 3. The van der Waals surface area contributed by atoms with Crippen LogP contribution in [-0.4, -0.2) is 38.2 Å². The molecule has 0 spiro atoms. The van der Waals surface area contributed by atoms with E-state index in [2.05, 4.69) is 24.1 Å². The largest absolute Gasteiger partial charge is 0.497 e. The number of benzene rings is 1. The molecule has 1 saturated heterocycles. The molecule has 1 aromatic carbocycles. The van der Waals surface area contributed by atoms with Gasteiger partial charge in [0.1, 0.15) is 5.75 Å². The normalized spacial score (nSPS) is 18.3. The monoisotopic (exact) mass is 380 g/mol. The van der Waals surface area contributed by atoms with E-state index in [1.807, 2.05) is 0 Å². The molecule has 0 aromatic heterocycles. The lowest BCUT2D eigenvalue weighted by molar-refractivity contribution is -0.139. The number of hydrogen-bond acceptors (Lipinski definition) is 3. The highest BCUT2D eigenvalue weighted by atomic mass is 35.5. The van der Waals surface area contributed by atoms with Crippen LogP contribution in [0.25, 0.3) is 0 Å². The fourth-order valence-corrected chi connectivity index (χ4v) is 3.60. The molecule has 7 heteroatoms. The zero-order valence-electron chi connectivity index (χ0n) is 15.0. The number of hydrogen-bond donors (Lipinski definition) is 1. The van der Waals surface area contributed by atoms with Crippen molar-refractivity contribution in [2.24, 2.45) is 5.92 Å². The Balaban J connectivity index is 0.00000312. The Bertz CT molecular complexity index is 534. The van der Waals surface area contributed by atoms with Crippen molar-refractivity contribution >= 4 is 12.4 Å². The highest BCUT2D eigenvalue weighted by Crippen LogP contribution is 2.41. The summed E-state index contributed by atoms with van der Waals surface area (Å²) < 4.78 is 46.0. The molecule has 1 aliphatic rings. The second kappa shape index (κ2) is 9.64. The molecule has 144 valence electrons. The Morgan fingerprint density at radius 3 is 2.40 bits per heavy atom. The maximum absolute atomic E-state index is 13.7. The topological polar surface area (TPSA) is 24.5 Å². The van der Waals surface area contributed by atoms with Crippen LogP contribution in [0.5, 0.6) is 5.75 Å². The van der Waals surface area contributed by atoms with Crippen LogP contribution >= 0.6 is 12.4 Å². The number of piperazine rings is 1. The van der Waals surface area contributed by atoms with Gasteiger partial charge in [-0.3, -0.25) is 4.90 Å². The molecular formula is C18H28ClF3N2O. The number of halogens is 4. The van der Waals surface area contributed by atoms with E-state index in [4.69, 9.17) is 4.74 Å². The summed E-state index contributed by atoms with van der Waals surface area (Å²) in [5, 5.41) is 3.27. The highest BCUT2D eigenvalue weighted by molar-refractivity contribution is 5.85. The summed E-state index contributed by atoms with van der Waals surface area (Å²) in [5.41, 5.74) is -0.209. The van der Waals surface area contributed by atoms with Crippen molar-refractivity contribution in [3.8, 4) is 5.75 Å². The Morgan fingerprint density at radius 1 is 1.24 bits per heavy atom. The van der Waals surface area contributed by atoms with Gasteiger partial charge in [-0.1, -0.05) is 26.3 Å². The van der Waals surface area contributed by atoms with E-state index in [-0.39, 0.29) is 30.1 Å². The molecule has 1 aromatic rings. The molecule has 2 atom stereocenters. The maximum Gasteiger partial charge on any atom is 0.416 e. The summed E-state index contributed by atoms with van der Waals surface area (Å²) in [6.07, 6.45) is -2.53. The van der Waals surface area contributed by atoms with Crippen LogP contribution in [-0.2, 0) is 6.18 Å². The SMILES string of the molecule is CCCC(C)[C@H](c1ccc(OC)cc1C(F)(F)F)N1CCNCC1.Cl. The van der Waals surface area contributed by atoms with Crippen LogP contribution < -0.4 is 10.1 Å². The molecule has 1 fully saturated rings. The minimum Gasteiger partial charge on any atom is -0.497 e. The van der Waals surface area contributed by atoms with E-state index in [0.717, 1.165) is 45.1 Å². The van der Waals surface area contributed by atoms with Crippen molar-refractivity contribution < 1.29 is 17.9 Å². The molecule has 1 heterocycles. The first-order valence-corrected chi connectivity index (χ1v) is 8.58. The van der Waals surface area contributed by atoms with Gasteiger partial charge in [0.05, 0.1) is 12.7 Å². The number of nitrogens with one attached hydrogen (secondary N) is 1. The number of ether oxygens (including phenoxy) is 1. The number of nitrogens with zero attached hydrogens (tertiary/aromatic N) is 1. The van der Waals surface area contributed by atoms with Crippen LogP contribution in [0.4, 0.5) is 13.2 Å². The van der Waals surface area contributed by atoms with Gasteiger partial charge in [-0.2, -0.15) is 13.2 Å². The zero-order valence-corrected chi connectivity index (χ0v) is 15.8. The zero-order chi connectivity index (χ0) is 17.7. The average molecular weight is 381 g/mol. The third-order valence-electron chi connectivity index (χ3n) is 4.71. The first kappa shape index (κ1) is 22.1. The summed E-state index contributed by atoms with van der Waals surface area (Å²) in [5.74, 6) is 0.399. The van der Waals surface area contributed by atoms with Crippen molar-refractivity contribution in [2.45, 2.75) is 38.9 Å². The molecule has 1 N–H and O–H groups in total. The lowest BCUT2D eigenvalue weighted by Gasteiger charge is -2.39. The minimum absolute atomic E-state index is 0. The van der Waals surface area contributed by atoms with Crippen LogP contribution in [0.1, 0.15) is 43.9 Å². The summed E-state index contributed by atoms with van der Waals surface area (Å²) in [6.45, 7) is 7.29. The average Bonchev–Trinajstić information content (AvgIpc) is 2.55. The molecule has 1 aliphatic heterocycles. The number of methoxy groups -OCH3 is 1. The quantitative estimate of drug-likeness (QED) is 0.785. The predicted molar refractivity (Wildman–Crippen MR) is 96.5 cm³/mol. The second-order valence-electron chi connectivity index (χ2n) is 6.45. The van der Waals surface area contributed by atoms with E-state index >= 15 is 0 Å². The molecule has 25 heavy (non-hydrogen) atoms. The number of rotatable bonds is 6. The van der Waals surface area contributed by atoms with Gasteiger partial charge in [0.25, 0.3) is 0 Å². The Morgan fingerprint density at radius 2 is 1.88 bits per heavy atom. The first-order valence-electron chi connectivity index (χ1n) is 8.58. The van der Waals surface area contributed by atoms with Gasteiger partial charge in [-0.15, -0.1) is 12.4 Å². The summed E-state index contributed by atoms with van der Waals surface area (Å²) in [6, 6.07) is 4.14. The van der Waals surface area contributed by atoms with Crippen LogP contribution in [0.15, 0.2) is 18.2 Å². The molecule has 0 amide bonds. The van der Waals surface area contributed by atoms with E-state index < -0.39 is 11.7 Å². The molecule has 3 nitrogen and oxygen atoms in total. The van der Waals surface area contributed by atoms with E-state index in [1.54, 1.807) is 12.1 Å². The molecule has 2 rings (SSSR count). The molecular weight excluding hydrogens is 353 g/mol. The molecule has 0 saturated carbocycles. The van der Waals surface area contributed by atoms with Crippen molar-refractivity contribution in [2.75, 3.05) is 33.3 Å². The van der Waals surface area contributed by atoms with Gasteiger partial charge in [-0.25, -0.2) is 0 Å². The van der Waals surface area contributed by atoms with Crippen molar-refractivity contribution in [1.29, 1.82) is 0 Å². The van der Waals surface area contributed by atoms with Crippen molar-refractivity contribution in [1.82, 2.24) is 10.2 Å². The Labute approximate surface area is 154 Å². The van der Waals surface area contributed by atoms with Gasteiger partial charge in [-0.05, 0) is 30.0 Å². The summed E-state index contributed by atoms with van der Waals surface area (Å²) in [4.78, 5) is 2.19. The van der Waals surface area contributed by atoms with Gasteiger partial charge in [0.15, 0.2) is 0 Å². The standard InChI is InChI=1S/C18H27F3N2O.ClH/c1-4-5-13(2)17(23-10-8-22-9-11-23)15-7-6-14(24-3)12-16(15)18(19,20)21;/h6-7,12-13,17,22H,4-5,8-11H2,1-3H3;1H/t13?,17-;/m1./s1. The molecule has 0 aliphatic carbocycles. The van der Waals surface area contributed by atoms with Gasteiger partial charge in [0, 0.05) is 32.2 Å². The molecule has 0 bridgehead atoms. The lowest BCUT2D eigenvalue weighted by atomic mass is 9.86. The Kier molecular flexibility index (Phi) is 8.51. The lowest BCUT2D eigenvalue weighted by Crippen LogP contribution is -2.47. The summed E-state index contributed by atoms with van der Waals surface area (Å²) >= 11 is 0. The van der Waals surface area contributed by atoms with Gasteiger partial charge < -0.3 is 10.1 Å². The molecule has 1 unspecified atom stereocenters. The molecule has 0 radical (unpaired) electrons. The maximum atomic E-state index is 13.7. The van der Waals surface area contributed by atoms with Crippen LogP contribution in [0.2, 0.25) is 0 Å². The second-order valence-corrected chi connectivity index (χ2v) is 6.45. The smallest absolute Gasteiger partial charge is 0.416 e. The fourth-order valence-electron chi connectivity index (χ4n) is 3.60. The third kappa shape index (κ3) is 5.50. The summed E-state index contributed by atoms with van der Waals surface area (Å²) in [7, 11) is 1.39. The minimum atomic E-state index is -4.39. The van der Waals surface area contributed by atoms with E-state index in [9.17, 15) is 13.2 Å². The van der Waals surface area contributed by atoms with Gasteiger partial charge >= 0.3 is 6.18 Å². The van der Waals surface area contributed by atoms with E-state index in [0.29, 0.717) is 5.56 Å². The van der Waals surface area contributed by atoms with Gasteiger partial charge in [0.2, 0.25) is 0 Å². The van der Waals surface area contributed by atoms with E-state index in [1.165, 1.54) is 7.11 Å². The van der Waals surface area contributed by atoms with Crippen molar-refractivity contribution in [3.63, 3.8) is 0 Å².